The van der Waals surface area contributed by atoms with Gasteiger partial charge in [0.15, 0.2) is 0 Å². The number of carbonyl (C=O) groups excluding carboxylic acids is 1. The van der Waals surface area contributed by atoms with E-state index < -0.39 is 0 Å². The second-order valence-corrected chi connectivity index (χ2v) is 6.34. The van der Waals surface area contributed by atoms with Crippen molar-refractivity contribution in [3.05, 3.63) is 45.2 Å². The van der Waals surface area contributed by atoms with E-state index in [1.54, 1.807) is 18.2 Å². The fourth-order valence-corrected chi connectivity index (χ4v) is 3.15. The fourth-order valence-electron chi connectivity index (χ4n) is 2.81. The Kier molecular flexibility index (Phi) is 4.86. The summed E-state index contributed by atoms with van der Waals surface area (Å²) in [7, 11) is 1.37. The summed E-state index contributed by atoms with van der Waals surface area (Å²) < 4.78 is 13.2. The van der Waals surface area contributed by atoms with E-state index in [0.29, 0.717) is 27.0 Å². The van der Waals surface area contributed by atoms with Gasteiger partial charge in [-0.3, -0.25) is 4.68 Å². The Morgan fingerprint density at radius 2 is 2.29 bits per heavy atom. The Morgan fingerprint density at radius 1 is 1.46 bits per heavy atom. The molecule has 1 aliphatic rings. The van der Waals surface area contributed by atoms with Gasteiger partial charge in [-0.05, 0) is 53.4 Å². The number of methoxy groups -OCH3 is 1. The van der Waals surface area contributed by atoms with E-state index in [0.717, 1.165) is 31.5 Å². The van der Waals surface area contributed by atoms with Gasteiger partial charge >= 0.3 is 5.97 Å². The van der Waals surface area contributed by atoms with Crippen molar-refractivity contribution in [2.45, 2.75) is 32.4 Å². The van der Waals surface area contributed by atoms with Crippen molar-refractivity contribution in [3.63, 3.8) is 0 Å². The number of hydrogen-bond donors (Lipinski definition) is 0. The van der Waals surface area contributed by atoms with Crippen LogP contribution in [0.3, 0.4) is 0 Å². The summed E-state index contributed by atoms with van der Waals surface area (Å²) in [6.07, 6.45) is 2.90. The monoisotopic (exact) mass is 389 g/mol. The molecule has 0 radical (unpaired) electrons. The summed E-state index contributed by atoms with van der Waals surface area (Å²) >= 11 is 3.31. The highest BCUT2D eigenvalue weighted by atomic mass is 79.9. The van der Waals surface area contributed by atoms with E-state index in [1.165, 1.54) is 7.11 Å². The number of aryl methyl sites for hydroxylation is 1. The van der Waals surface area contributed by atoms with Gasteiger partial charge in [-0.25, -0.2) is 4.79 Å². The predicted octanol–water partition coefficient (Wildman–Crippen LogP) is 3.22. The molecule has 0 saturated heterocycles. The molecular weight excluding hydrogens is 374 g/mol. The third kappa shape index (κ3) is 3.15. The molecule has 24 heavy (non-hydrogen) atoms. The fraction of sp³-hybridized carbons (Fsp3) is 0.353. The van der Waals surface area contributed by atoms with Crippen molar-refractivity contribution in [1.29, 1.82) is 5.26 Å². The first-order chi connectivity index (χ1) is 11.6. The Hall–Kier alpha value is -2.33. The molecule has 0 N–H and O–H groups in total. The Morgan fingerprint density at radius 3 is 3.04 bits per heavy atom. The minimum atomic E-state index is -0.384. The van der Waals surface area contributed by atoms with Crippen molar-refractivity contribution >= 4 is 21.9 Å². The zero-order valence-corrected chi connectivity index (χ0v) is 14.8. The first kappa shape index (κ1) is 16.5. The number of halogens is 1. The Balaban J connectivity index is 1.86. The average molecular weight is 390 g/mol. The lowest BCUT2D eigenvalue weighted by molar-refractivity contribution is 0.0596. The van der Waals surface area contributed by atoms with E-state index in [1.807, 2.05) is 4.68 Å². The summed E-state index contributed by atoms with van der Waals surface area (Å²) in [5.74, 6) is 0.168. The van der Waals surface area contributed by atoms with Crippen LogP contribution < -0.4 is 4.74 Å². The van der Waals surface area contributed by atoms with Crippen molar-refractivity contribution in [1.82, 2.24) is 9.78 Å². The maximum atomic E-state index is 12.1. The van der Waals surface area contributed by atoms with Gasteiger partial charge < -0.3 is 9.47 Å². The lowest BCUT2D eigenvalue weighted by Gasteiger charge is -2.13. The van der Waals surface area contributed by atoms with Crippen LogP contribution in [0.5, 0.6) is 5.75 Å². The summed E-state index contributed by atoms with van der Waals surface area (Å²) in [4.78, 5) is 12.1. The highest BCUT2D eigenvalue weighted by molar-refractivity contribution is 9.10. The van der Waals surface area contributed by atoms with Crippen LogP contribution in [-0.2, 0) is 24.3 Å². The zero-order valence-electron chi connectivity index (χ0n) is 13.2. The highest BCUT2D eigenvalue weighted by Gasteiger charge is 2.26. The summed E-state index contributed by atoms with van der Waals surface area (Å²) in [6, 6.07) is 7.26. The predicted molar refractivity (Wildman–Crippen MR) is 89.7 cm³/mol. The maximum absolute atomic E-state index is 12.1. The van der Waals surface area contributed by atoms with Crippen molar-refractivity contribution in [3.8, 4) is 11.8 Å². The minimum Gasteiger partial charge on any atom is -0.487 e. The molecule has 6 nitrogen and oxygen atoms in total. The number of esters is 1. The van der Waals surface area contributed by atoms with E-state index in [4.69, 9.17) is 14.7 Å². The number of hydrogen-bond acceptors (Lipinski definition) is 5. The van der Waals surface area contributed by atoms with Gasteiger partial charge in [0, 0.05) is 11.0 Å². The molecule has 0 amide bonds. The average Bonchev–Trinajstić information content (AvgIpc) is 2.98. The van der Waals surface area contributed by atoms with Gasteiger partial charge in [-0.1, -0.05) is 0 Å². The molecule has 0 saturated carbocycles. The molecule has 1 aliphatic heterocycles. The van der Waals surface area contributed by atoms with Crippen LogP contribution in [0, 0.1) is 11.3 Å². The topological polar surface area (TPSA) is 77.1 Å². The van der Waals surface area contributed by atoms with Crippen LogP contribution in [0.2, 0.25) is 0 Å². The van der Waals surface area contributed by atoms with E-state index in [9.17, 15) is 4.79 Å². The van der Waals surface area contributed by atoms with E-state index in [-0.39, 0.29) is 12.6 Å². The van der Waals surface area contributed by atoms with Gasteiger partial charge in [0.1, 0.15) is 29.7 Å². The molecule has 0 spiro atoms. The summed E-state index contributed by atoms with van der Waals surface area (Å²) in [5, 5.41) is 13.6. The first-order valence-electron chi connectivity index (χ1n) is 7.63. The SMILES string of the molecule is COC(=O)c1c(COc2ccc(Br)c(C#N)c2)nn2c1CCCC2. The molecule has 0 aliphatic carbocycles. The molecule has 0 fully saturated rings. The standard InChI is InChI=1S/C17H16BrN3O3/c1-23-17(22)16-14(20-21-7-3-2-4-15(16)21)10-24-12-5-6-13(18)11(8-12)9-19/h5-6,8H,2-4,7,10H2,1H3. The van der Waals surface area contributed by atoms with Crippen LogP contribution in [0.15, 0.2) is 22.7 Å². The van der Waals surface area contributed by atoms with Gasteiger partial charge in [0.2, 0.25) is 0 Å². The molecule has 3 rings (SSSR count). The summed E-state index contributed by atoms with van der Waals surface area (Å²) in [5.41, 5.74) is 2.49. The molecule has 1 aromatic carbocycles. The molecule has 7 heteroatoms. The summed E-state index contributed by atoms with van der Waals surface area (Å²) in [6.45, 7) is 0.952. The lowest BCUT2D eigenvalue weighted by atomic mass is 10.1. The van der Waals surface area contributed by atoms with Gasteiger partial charge in [-0.2, -0.15) is 10.4 Å². The van der Waals surface area contributed by atoms with E-state index in [2.05, 4.69) is 27.1 Å². The van der Waals surface area contributed by atoms with Crippen molar-refractivity contribution < 1.29 is 14.3 Å². The number of fused-ring (bicyclic) bond motifs is 1. The normalized spacial score (nSPS) is 13.0. The van der Waals surface area contributed by atoms with Crippen LogP contribution in [0.25, 0.3) is 0 Å². The largest absolute Gasteiger partial charge is 0.487 e. The number of aromatic nitrogens is 2. The molecular formula is C17H16BrN3O3. The van der Waals surface area contributed by atoms with Crippen LogP contribution in [0.1, 0.15) is 40.2 Å². The van der Waals surface area contributed by atoms with E-state index >= 15 is 0 Å². The van der Waals surface area contributed by atoms with Crippen molar-refractivity contribution in [2.24, 2.45) is 0 Å². The Labute approximate surface area is 148 Å². The van der Waals surface area contributed by atoms with Crippen LogP contribution >= 0.6 is 15.9 Å². The second kappa shape index (κ2) is 7.05. The maximum Gasteiger partial charge on any atom is 0.341 e. The van der Waals surface area contributed by atoms with Gasteiger partial charge in [0.25, 0.3) is 0 Å². The quantitative estimate of drug-likeness (QED) is 0.750. The zero-order chi connectivity index (χ0) is 17.1. The van der Waals surface area contributed by atoms with Gasteiger partial charge in [-0.15, -0.1) is 0 Å². The lowest BCUT2D eigenvalue weighted by Crippen LogP contribution is -2.14. The molecule has 1 aromatic heterocycles. The minimum absolute atomic E-state index is 0.150. The number of nitrogens with zero attached hydrogens (tertiary/aromatic N) is 3. The number of carbonyl (C=O) groups is 1. The number of ether oxygens (including phenoxy) is 2. The second-order valence-electron chi connectivity index (χ2n) is 5.48. The molecule has 0 bridgehead atoms. The van der Waals surface area contributed by atoms with Crippen LogP contribution in [-0.4, -0.2) is 22.9 Å². The Bertz CT molecular complexity index is 823. The first-order valence-corrected chi connectivity index (χ1v) is 8.42. The number of rotatable bonds is 4. The smallest absolute Gasteiger partial charge is 0.341 e. The number of nitriles is 1. The molecule has 2 aromatic rings. The molecule has 0 unspecified atom stereocenters. The number of benzene rings is 1. The third-order valence-corrected chi connectivity index (χ3v) is 4.68. The molecule has 0 atom stereocenters. The van der Waals surface area contributed by atoms with Gasteiger partial charge in [0.05, 0.1) is 18.4 Å². The van der Waals surface area contributed by atoms with Crippen molar-refractivity contribution in [2.75, 3.05) is 7.11 Å². The third-order valence-electron chi connectivity index (χ3n) is 3.99. The van der Waals surface area contributed by atoms with Crippen LogP contribution in [0.4, 0.5) is 0 Å². The molecule has 2 heterocycles. The molecule has 124 valence electrons. The highest BCUT2D eigenvalue weighted by Crippen LogP contribution is 2.25.